The third-order valence-electron chi connectivity index (χ3n) is 4.96. The highest BCUT2D eigenvalue weighted by Crippen LogP contribution is 2.29. The van der Waals surface area contributed by atoms with Crippen molar-refractivity contribution in [2.24, 2.45) is 0 Å². The van der Waals surface area contributed by atoms with Gasteiger partial charge in [-0.25, -0.2) is 0 Å². The summed E-state index contributed by atoms with van der Waals surface area (Å²) in [6.07, 6.45) is 0.793. The fourth-order valence-electron chi connectivity index (χ4n) is 3.48. The lowest BCUT2D eigenvalue weighted by Crippen LogP contribution is -2.23. The molecule has 0 atom stereocenters. The van der Waals surface area contributed by atoms with Crippen molar-refractivity contribution in [1.29, 1.82) is 0 Å². The third kappa shape index (κ3) is 3.76. The number of nitrogens with zero attached hydrogens (tertiary/aromatic N) is 4. The number of carbonyl (C=O) groups is 1. The van der Waals surface area contributed by atoms with Crippen molar-refractivity contribution in [3.8, 4) is 11.5 Å². The zero-order chi connectivity index (χ0) is 22.0. The molecule has 4 rings (SSSR count). The topological polar surface area (TPSA) is 87.7 Å². The van der Waals surface area contributed by atoms with E-state index in [1.807, 2.05) is 29.5 Å². The molecule has 0 saturated heterocycles. The SMILES string of the molecule is CCCn1c(=O)c2ccccc2n2c(SCC(=O)c3ccc(OC)c(OC)c3)nnc12. The minimum Gasteiger partial charge on any atom is -0.493 e. The van der Waals surface area contributed by atoms with Gasteiger partial charge in [0.05, 0.1) is 30.9 Å². The number of rotatable bonds is 8. The standard InChI is InChI=1S/C22H22N4O4S/c1-4-11-25-20(28)15-7-5-6-8-16(15)26-21(25)23-24-22(26)31-13-17(27)14-9-10-18(29-2)19(12-14)30-3/h5-10,12H,4,11,13H2,1-3H3. The van der Waals surface area contributed by atoms with Crippen LogP contribution in [0, 0.1) is 0 Å². The molecule has 4 aromatic rings. The summed E-state index contributed by atoms with van der Waals surface area (Å²) in [5, 5.41) is 9.69. The number of aromatic nitrogens is 4. The van der Waals surface area contributed by atoms with E-state index in [-0.39, 0.29) is 17.1 Å². The summed E-state index contributed by atoms with van der Waals surface area (Å²) in [5.41, 5.74) is 1.16. The Bertz CT molecular complexity index is 1330. The van der Waals surface area contributed by atoms with Crippen molar-refractivity contribution in [3.05, 3.63) is 58.4 Å². The summed E-state index contributed by atoms with van der Waals surface area (Å²) in [7, 11) is 3.08. The Kier molecular flexibility index (Phi) is 5.94. The summed E-state index contributed by atoms with van der Waals surface area (Å²) < 4.78 is 14.0. The smallest absolute Gasteiger partial charge is 0.262 e. The molecule has 2 aromatic heterocycles. The molecule has 0 radical (unpaired) electrons. The van der Waals surface area contributed by atoms with Gasteiger partial charge in [-0.1, -0.05) is 30.8 Å². The predicted octanol–water partition coefficient (Wildman–Crippen LogP) is 3.45. The van der Waals surface area contributed by atoms with E-state index in [2.05, 4.69) is 10.2 Å². The molecule has 0 unspecified atom stereocenters. The zero-order valence-corrected chi connectivity index (χ0v) is 18.3. The van der Waals surface area contributed by atoms with Crippen LogP contribution in [0.25, 0.3) is 16.7 Å². The molecule has 160 valence electrons. The fraction of sp³-hybridized carbons (Fsp3) is 0.273. The van der Waals surface area contributed by atoms with E-state index in [4.69, 9.17) is 9.47 Å². The van der Waals surface area contributed by atoms with Gasteiger partial charge in [-0.05, 0) is 36.8 Å². The second-order valence-electron chi connectivity index (χ2n) is 6.87. The van der Waals surface area contributed by atoms with Crippen molar-refractivity contribution in [2.75, 3.05) is 20.0 Å². The minimum atomic E-state index is -0.0877. The summed E-state index contributed by atoms with van der Waals surface area (Å²) >= 11 is 1.28. The number of carbonyl (C=O) groups excluding carboxylic acids is 1. The Morgan fingerprint density at radius 2 is 1.84 bits per heavy atom. The number of hydrogen-bond donors (Lipinski definition) is 0. The molecular formula is C22H22N4O4S. The molecule has 0 amide bonds. The third-order valence-corrected chi connectivity index (χ3v) is 5.89. The normalized spacial score (nSPS) is 11.2. The molecular weight excluding hydrogens is 416 g/mol. The van der Waals surface area contributed by atoms with E-state index in [1.165, 1.54) is 18.9 Å². The van der Waals surface area contributed by atoms with Gasteiger partial charge in [-0.15, -0.1) is 10.2 Å². The molecule has 0 aliphatic rings. The number of methoxy groups -OCH3 is 2. The molecule has 0 fully saturated rings. The predicted molar refractivity (Wildman–Crippen MR) is 120 cm³/mol. The number of ketones is 1. The number of para-hydroxylation sites is 1. The van der Waals surface area contributed by atoms with E-state index in [1.54, 1.807) is 35.9 Å². The summed E-state index contributed by atoms with van der Waals surface area (Å²) in [6.45, 7) is 2.55. The maximum absolute atomic E-state index is 12.9. The number of thioether (sulfide) groups is 1. The van der Waals surface area contributed by atoms with E-state index in [0.717, 1.165) is 11.9 Å². The molecule has 8 nitrogen and oxygen atoms in total. The number of ether oxygens (including phenoxy) is 2. The van der Waals surface area contributed by atoms with E-state index < -0.39 is 0 Å². The molecule has 0 saturated carbocycles. The monoisotopic (exact) mass is 438 g/mol. The average Bonchev–Trinajstić information content (AvgIpc) is 3.23. The van der Waals surface area contributed by atoms with Gasteiger partial charge >= 0.3 is 0 Å². The van der Waals surface area contributed by atoms with Gasteiger partial charge in [-0.2, -0.15) is 0 Å². The molecule has 2 heterocycles. The number of benzene rings is 2. The highest BCUT2D eigenvalue weighted by atomic mass is 32.2. The maximum atomic E-state index is 12.9. The zero-order valence-electron chi connectivity index (χ0n) is 17.5. The van der Waals surface area contributed by atoms with Crippen LogP contribution in [-0.2, 0) is 6.54 Å². The first-order chi connectivity index (χ1) is 15.1. The van der Waals surface area contributed by atoms with Crippen LogP contribution >= 0.6 is 11.8 Å². The lowest BCUT2D eigenvalue weighted by molar-refractivity contribution is 0.102. The van der Waals surface area contributed by atoms with Gasteiger partial charge in [0.1, 0.15) is 0 Å². The van der Waals surface area contributed by atoms with Crippen LogP contribution in [0.3, 0.4) is 0 Å². The molecule has 2 aromatic carbocycles. The van der Waals surface area contributed by atoms with Crippen LogP contribution in [-0.4, -0.2) is 44.9 Å². The second kappa shape index (κ2) is 8.81. The molecule has 0 spiro atoms. The van der Waals surface area contributed by atoms with E-state index in [9.17, 15) is 9.59 Å². The van der Waals surface area contributed by atoms with Crippen molar-refractivity contribution < 1.29 is 14.3 Å². The quantitative estimate of drug-likeness (QED) is 0.308. The molecule has 0 bridgehead atoms. The molecule has 0 N–H and O–H groups in total. The highest BCUT2D eigenvalue weighted by Gasteiger charge is 2.18. The van der Waals surface area contributed by atoms with Crippen molar-refractivity contribution >= 4 is 34.2 Å². The number of Topliss-reactive ketones (excluding diaryl/α,β-unsaturated/α-hetero) is 1. The van der Waals surface area contributed by atoms with Gasteiger partial charge in [-0.3, -0.25) is 18.6 Å². The number of hydrogen-bond acceptors (Lipinski definition) is 7. The number of aryl methyl sites for hydroxylation is 1. The van der Waals surface area contributed by atoms with E-state index in [0.29, 0.717) is 39.9 Å². The summed E-state index contributed by atoms with van der Waals surface area (Å²) in [6, 6.07) is 12.5. The average molecular weight is 439 g/mol. The lowest BCUT2D eigenvalue weighted by Gasteiger charge is -2.10. The van der Waals surface area contributed by atoms with Crippen LogP contribution in [0.2, 0.25) is 0 Å². The lowest BCUT2D eigenvalue weighted by atomic mass is 10.1. The first kappa shape index (κ1) is 20.9. The first-order valence-corrected chi connectivity index (χ1v) is 10.8. The minimum absolute atomic E-state index is 0.0751. The van der Waals surface area contributed by atoms with Gasteiger partial charge in [0.15, 0.2) is 22.4 Å². The Labute approximate surface area is 182 Å². The van der Waals surface area contributed by atoms with Crippen LogP contribution in [0.4, 0.5) is 0 Å². The number of fused-ring (bicyclic) bond motifs is 3. The van der Waals surface area contributed by atoms with Crippen LogP contribution in [0.1, 0.15) is 23.7 Å². The van der Waals surface area contributed by atoms with Gasteiger partial charge in [0, 0.05) is 12.1 Å². The fourth-order valence-corrected chi connectivity index (χ4v) is 4.31. The molecule has 31 heavy (non-hydrogen) atoms. The first-order valence-electron chi connectivity index (χ1n) is 9.83. The summed E-state index contributed by atoms with van der Waals surface area (Å²) in [4.78, 5) is 25.7. The van der Waals surface area contributed by atoms with Crippen LogP contribution in [0.5, 0.6) is 11.5 Å². The molecule has 9 heteroatoms. The Hall–Kier alpha value is -3.33. The summed E-state index contributed by atoms with van der Waals surface area (Å²) in [5.74, 6) is 1.63. The molecule has 0 aliphatic heterocycles. The largest absolute Gasteiger partial charge is 0.493 e. The second-order valence-corrected chi connectivity index (χ2v) is 7.82. The van der Waals surface area contributed by atoms with Crippen LogP contribution < -0.4 is 15.0 Å². The van der Waals surface area contributed by atoms with Crippen molar-refractivity contribution in [2.45, 2.75) is 25.0 Å². The van der Waals surface area contributed by atoms with Crippen LogP contribution in [0.15, 0.2) is 52.4 Å². The van der Waals surface area contributed by atoms with Gasteiger partial charge in [0.2, 0.25) is 5.78 Å². The Morgan fingerprint density at radius 3 is 2.58 bits per heavy atom. The Balaban J connectivity index is 1.70. The van der Waals surface area contributed by atoms with E-state index >= 15 is 0 Å². The van der Waals surface area contributed by atoms with Crippen molar-refractivity contribution in [3.63, 3.8) is 0 Å². The Morgan fingerprint density at radius 1 is 1.06 bits per heavy atom. The van der Waals surface area contributed by atoms with Gasteiger partial charge < -0.3 is 9.47 Å². The highest BCUT2D eigenvalue weighted by molar-refractivity contribution is 7.99. The van der Waals surface area contributed by atoms with Gasteiger partial charge in [0.25, 0.3) is 5.56 Å². The molecule has 0 aliphatic carbocycles. The maximum Gasteiger partial charge on any atom is 0.262 e. The van der Waals surface area contributed by atoms with Crippen molar-refractivity contribution in [1.82, 2.24) is 19.2 Å².